The second kappa shape index (κ2) is 7.44. The van der Waals surface area contributed by atoms with Crippen molar-refractivity contribution in [3.05, 3.63) is 42.6 Å². The van der Waals surface area contributed by atoms with Gasteiger partial charge in [-0.25, -0.2) is 4.98 Å². The van der Waals surface area contributed by atoms with E-state index in [2.05, 4.69) is 4.98 Å². The zero-order valence-corrected chi connectivity index (χ0v) is 15.3. The van der Waals surface area contributed by atoms with E-state index in [9.17, 15) is 0 Å². The molecule has 0 saturated carbocycles. The van der Waals surface area contributed by atoms with Crippen molar-refractivity contribution in [2.75, 3.05) is 28.4 Å². The van der Waals surface area contributed by atoms with Gasteiger partial charge in [-0.2, -0.15) is 0 Å². The van der Waals surface area contributed by atoms with E-state index in [4.69, 9.17) is 18.9 Å². The predicted molar refractivity (Wildman–Crippen MR) is 99.2 cm³/mol. The first-order valence-electron chi connectivity index (χ1n) is 7.60. The van der Waals surface area contributed by atoms with Crippen molar-refractivity contribution in [1.29, 1.82) is 0 Å². The molecule has 0 N–H and O–H groups in total. The fourth-order valence-electron chi connectivity index (χ4n) is 2.50. The van der Waals surface area contributed by atoms with Crippen molar-refractivity contribution >= 4 is 11.3 Å². The summed E-state index contributed by atoms with van der Waals surface area (Å²) in [5.74, 6) is 2.78. The van der Waals surface area contributed by atoms with Crippen LogP contribution in [0.3, 0.4) is 0 Å². The smallest absolute Gasteiger partial charge is 0.161 e. The normalized spacial score (nSPS) is 10.4. The molecule has 0 fully saturated rings. The number of aromatic nitrogens is 1. The van der Waals surface area contributed by atoms with Crippen LogP contribution in [0.4, 0.5) is 0 Å². The molecule has 0 saturated heterocycles. The maximum atomic E-state index is 5.37. The third kappa shape index (κ3) is 3.39. The molecular weight excluding hydrogens is 338 g/mol. The summed E-state index contributed by atoms with van der Waals surface area (Å²) < 4.78 is 21.3. The van der Waals surface area contributed by atoms with Gasteiger partial charge in [0.05, 0.1) is 33.3 Å². The van der Waals surface area contributed by atoms with Gasteiger partial charge in [0.1, 0.15) is 5.01 Å². The lowest BCUT2D eigenvalue weighted by Crippen LogP contribution is -1.90. The zero-order chi connectivity index (χ0) is 17.8. The third-order valence-corrected chi connectivity index (χ3v) is 4.90. The Kier molecular flexibility index (Phi) is 5.09. The molecule has 25 heavy (non-hydrogen) atoms. The highest BCUT2D eigenvalue weighted by molar-refractivity contribution is 7.18. The number of methoxy groups -OCH3 is 4. The monoisotopic (exact) mass is 357 g/mol. The molecule has 0 spiro atoms. The van der Waals surface area contributed by atoms with Gasteiger partial charge in [-0.05, 0) is 42.0 Å². The summed E-state index contributed by atoms with van der Waals surface area (Å²) in [6, 6.07) is 11.6. The predicted octanol–water partition coefficient (Wildman–Crippen LogP) is 4.51. The first kappa shape index (κ1) is 17.1. The minimum Gasteiger partial charge on any atom is -0.493 e. The number of benzene rings is 2. The number of hydrogen-bond donors (Lipinski definition) is 0. The lowest BCUT2D eigenvalue weighted by Gasteiger charge is -2.08. The van der Waals surface area contributed by atoms with Crippen LogP contribution in [0.1, 0.15) is 0 Å². The van der Waals surface area contributed by atoms with E-state index >= 15 is 0 Å². The molecule has 3 rings (SSSR count). The van der Waals surface area contributed by atoms with Crippen molar-refractivity contribution in [2.45, 2.75) is 0 Å². The Hall–Kier alpha value is -2.73. The van der Waals surface area contributed by atoms with Gasteiger partial charge in [0.25, 0.3) is 0 Å². The van der Waals surface area contributed by atoms with Crippen LogP contribution in [0.25, 0.3) is 21.0 Å². The highest BCUT2D eigenvalue weighted by Gasteiger charge is 2.12. The van der Waals surface area contributed by atoms with Crippen LogP contribution >= 0.6 is 11.3 Å². The number of nitrogens with zero attached hydrogens (tertiary/aromatic N) is 1. The number of thiazole rings is 1. The van der Waals surface area contributed by atoms with Crippen molar-refractivity contribution in [1.82, 2.24) is 4.98 Å². The second-order valence-electron chi connectivity index (χ2n) is 5.17. The fourth-order valence-corrected chi connectivity index (χ4v) is 3.41. The summed E-state index contributed by atoms with van der Waals surface area (Å²) in [5.41, 5.74) is 2.01. The van der Waals surface area contributed by atoms with Gasteiger partial charge in [0, 0.05) is 11.8 Å². The zero-order valence-electron chi connectivity index (χ0n) is 14.5. The van der Waals surface area contributed by atoms with Gasteiger partial charge in [-0.3, -0.25) is 0 Å². The van der Waals surface area contributed by atoms with Gasteiger partial charge in [0.2, 0.25) is 0 Å². The minimum atomic E-state index is 0.683. The van der Waals surface area contributed by atoms with E-state index < -0.39 is 0 Å². The van der Waals surface area contributed by atoms with Gasteiger partial charge in [-0.1, -0.05) is 0 Å². The summed E-state index contributed by atoms with van der Waals surface area (Å²) >= 11 is 1.60. The average molecular weight is 357 g/mol. The molecular formula is C19H19NO4S. The fraction of sp³-hybridized carbons (Fsp3) is 0.211. The Labute approximate surface area is 150 Å². The lowest BCUT2D eigenvalue weighted by atomic mass is 10.2. The molecule has 0 radical (unpaired) electrons. The summed E-state index contributed by atoms with van der Waals surface area (Å²) in [7, 11) is 6.50. The molecule has 1 aromatic heterocycles. The molecule has 0 aliphatic heterocycles. The molecule has 0 unspecified atom stereocenters. The lowest BCUT2D eigenvalue weighted by molar-refractivity contribution is 0.355. The summed E-state index contributed by atoms with van der Waals surface area (Å²) in [6.07, 6.45) is 1.86. The van der Waals surface area contributed by atoms with E-state index in [1.807, 2.05) is 42.6 Å². The van der Waals surface area contributed by atoms with Gasteiger partial charge in [0.15, 0.2) is 23.0 Å². The largest absolute Gasteiger partial charge is 0.493 e. The molecule has 0 aliphatic rings. The highest BCUT2D eigenvalue weighted by atomic mass is 32.1. The molecule has 6 heteroatoms. The number of hydrogen-bond acceptors (Lipinski definition) is 6. The van der Waals surface area contributed by atoms with Crippen molar-refractivity contribution in [3.63, 3.8) is 0 Å². The van der Waals surface area contributed by atoms with Crippen molar-refractivity contribution in [3.8, 4) is 44.0 Å². The maximum Gasteiger partial charge on any atom is 0.161 e. The molecule has 3 aromatic rings. The molecule has 0 atom stereocenters. The molecule has 130 valence electrons. The van der Waals surface area contributed by atoms with Crippen LogP contribution in [0.15, 0.2) is 42.6 Å². The minimum absolute atomic E-state index is 0.683. The average Bonchev–Trinajstić information content (AvgIpc) is 3.17. The van der Waals surface area contributed by atoms with Crippen LogP contribution in [0, 0.1) is 0 Å². The van der Waals surface area contributed by atoms with E-state index in [0.717, 1.165) is 21.0 Å². The van der Waals surface area contributed by atoms with E-state index in [0.29, 0.717) is 23.0 Å². The van der Waals surface area contributed by atoms with E-state index in [-0.39, 0.29) is 0 Å². The first-order valence-corrected chi connectivity index (χ1v) is 8.42. The van der Waals surface area contributed by atoms with Crippen molar-refractivity contribution < 1.29 is 18.9 Å². The Morgan fingerprint density at radius 1 is 0.680 bits per heavy atom. The van der Waals surface area contributed by atoms with Crippen LogP contribution in [0.2, 0.25) is 0 Å². The summed E-state index contributed by atoms with van der Waals surface area (Å²) in [5, 5.41) is 0.908. The maximum absolute atomic E-state index is 5.37. The third-order valence-electron chi connectivity index (χ3n) is 3.80. The molecule has 0 bridgehead atoms. The van der Waals surface area contributed by atoms with E-state index in [1.165, 1.54) is 0 Å². The second-order valence-corrected chi connectivity index (χ2v) is 6.20. The Balaban J connectivity index is 1.95. The van der Waals surface area contributed by atoms with Gasteiger partial charge in [-0.15, -0.1) is 11.3 Å². The molecule has 2 aromatic carbocycles. The highest BCUT2D eigenvalue weighted by Crippen LogP contribution is 2.38. The quantitative estimate of drug-likeness (QED) is 0.649. The molecule has 1 heterocycles. The topological polar surface area (TPSA) is 49.8 Å². The first-order chi connectivity index (χ1) is 12.2. The van der Waals surface area contributed by atoms with Crippen LogP contribution in [-0.4, -0.2) is 33.4 Å². The summed E-state index contributed by atoms with van der Waals surface area (Å²) in [4.78, 5) is 5.59. The SMILES string of the molecule is COc1ccc(-c2cnc(-c3ccc(OC)c(OC)c3)s2)cc1OC. The Morgan fingerprint density at radius 3 is 1.76 bits per heavy atom. The van der Waals surface area contributed by atoms with Crippen LogP contribution < -0.4 is 18.9 Å². The van der Waals surface area contributed by atoms with Gasteiger partial charge >= 0.3 is 0 Å². The molecule has 0 amide bonds. The molecule has 0 aliphatic carbocycles. The standard InChI is InChI=1S/C19H19NO4S/c1-21-14-7-5-12(9-16(14)23-3)18-11-20-19(25-18)13-6-8-15(22-2)17(10-13)24-4/h5-11H,1-4H3. The number of ether oxygens (including phenoxy) is 4. The Morgan fingerprint density at radius 2 is 1.20 bits per heavy atom. The summed E-state index contributed by atoms with van der Waals surface area (Å²) in [6.45, 7) is 0. The van der Waals surface area contributed by atoms with Crippen LogP contribution in [0.5, 0.6) is 23.0 Å². The Bertz CT molecular complexity index is 806. The van der Waals surface area contributed by atoms with Gasteiger partial charge < -0.3 is 18.9 Å². The van der Waals surface area contributed by atoms with Crippen LogP contribution in [-0.2, 0) is 0 Å². The van der Waals surface area contributed by atoms with Crippen molar-refractivity contribution in [2.24, 2.45) is 0 Å². The molecule has 5 nitrogen and oxygen atoms in total. The van der Waals surface area contributed by atoms with E-state index in [1.54, 1.807) is 39.8 Å². The number of rotatable bonds is 6.